The fraction of sp³-hybridized carbons (Fsp3) is 0.375. The number of aromatic nitrogens is 3. The normalized spacial score (nSPS) is 12.9. The van der Waals surface area contributed by atoms with Crippen molar-refractivity contribution in [1.29, 1.82) is 0 Å². The zero-order chi connectivity index (χ0) is 23.8. The second kappa shape index (κ2) is 11.4. The van der Waals surface area contributed by atoms with Gasteiger partial charge < -0.3 is 29.7 Å². The molecule has 0 spiro atoms. The molecule has 176 valence electrons. The van der Waals surface area contributed by atoms with E-state index in [9.17, 15) is 9.90 Å². The molecule has 1 aliphatic rings. The van der Waals surface area contributed by atoms with Gasteiger partial charge in [0, 0.05) is 52.1 Å². The van der Waals surface area contributed by atoms with Crippen molar-refractivity contribution in [3.8, 4) is 17.1 Å². The monoisotopic (exact) mass is 453 g/mol. The summed E-state index contributed by atoms with van der Waals surface area (Å²) in [6.45, 7) is 3.01. The third kappa shape index (κ3) is 5.68. The molecule has 3 N–H and O–H groups in total. The number of hydrogen-bond donors (Lipinski definition) is 3. The van der Waals surface area contributed by atoms with Gasteiger partial charge in [-0.1, -0.05) is 12.1 Å². The van der Waals surface area contributed by atoms with Crippen LogP contribution >= 0.6 is 0 Å². The van der Waals surface area contributed by atoms with Gasteiger partial charge in [0.1, 0.15) is 17.4 Å². The topological polar surface area (TPSA) is 113 Å². The van der Waals surface area contributed by atoms with Crippen LogP contribution in [0.3, 0.4) is 0 Å². The van der Waals surface area contributed by atoms with E-state index in [2.05, 4.69) is 20.2 Å². The summed E-state index contributed by atoms with van der Waals surface area (Å²) in [5.41, 5.74) is 2.56. The molecule has 1 fully saturated rings. The largest absolute Gasteiger partial charge is 0.497 e. The molecule has 0 amide bonds. The summed E-state index contributed by atoms with van der Waals surface area (Å²) in [4.78, 5) is 23.4. The number of aliphatic hydroxyl groups is 1. The Morgan fingerprint density at radius 3 is 2.36 bits per heavy atom. The van der Waals surface area contributed by atoms with Crippen molar-refractivity contribution in [3.05, 3.63) is 59.5 Å². The number of carboxylic acids is 1. The van der Waals surface area contributed by atoms with Crippen molar-refractivity contribution in [1.82, 2.24) is 19.9 Å². The smallest absolute Gasteiger partial charge is 0.354 e. The molecule has 0 saturated carbocycles. The highest BCUT2D eigenvalue weighted by Gasteiger charge is 2.22. The number of anilines is 1. The number of aromatic carboxylic acids is 1. The van der Waals surface area contributed by atoms with Crippen molar-refractivity contribution < 1.29 is 19.7 Å². The molecule has 2 aromatic heterocycles. The minimum absolute atomic E-state index is 0.181. The van der Waals surface area contributed by atoms with Crippen LogP contribution in [-0.4, -0.2) is 58.0 Å². The van der Waals surface area contributed by atoms with Gasteiger partial charge in [-0.25, -0.2) is 14.8 Å². The predicted molar refractivity (Wildman–Crippen MR) is 127 cm³/mol. The maximum Gasteiger partial charge on any atom is 0.354 e. The van der Waals surface area contributed by atoms with E-state index in [0.29, 0.717) is 24.6 Å². The summed E-state index contributed by atoms with van der Waals surface area (Å²) in [5.74, 6) is 1.36. The number of carbonyl (C=O) groups is 1. The quantitative estimate of drug-likeness (QED) is 0.477. The van der Waals surface area contributed by atoms with Crippen molar-refractivity contribution in [3.63, 3.8) is 0 Å². The summed E-state index contributed by atoms with van der Waals surface area (Å²) in [6, 6.07) is 11.7. The Balaban J connectivity index is 0.00000149. The highest BCUT2D eigenvalue weighted by Crippen LogP contribution is 2.24. The average molecular weight is 454 g/mol. The molecule has 0 aliphatic carbocycles. The molecule has 1 saturated heterocycles. The number of ether oxygens (including phenoxy) is 1. The van der Waals surface area contributed by atoms with E-state index in [1.165, 1.54) is 12.8 Å². The van der Waals surface area contributed by atoms with E-state index >= 15 is 0 Å². The molecule has 3 heterocycles. The van der Waals surface area contributed by atoms with E-state index in [0.717, 1.165) is 42.9 Å². The summed E-state index contributed by atoms with van der Waals surface area (Å²) in [6.07, 6.45) is 4.16. The van der Waals surface area contributed by atoms with Crippen LogP contribution < -0.4 is 15.0 Å². The first-order valence-corrected chi connectivity index (χ1v) is 10.9. The minimum Gasteiger partial charge on any atom is -0.497 e. The molecule has 0 atom stereocenters. The zero-order valence-corrected chi connectivity index (χ0v) is 19.3. The Morgan fingerprint density at radius 2 is 1.79 bits per heavy atom. The maximum atomic E-state index is 11.9. The first-order chi connectivity index (χ1) is 16.1. The Labute approximate surface area is 193 Å². The summed E-state index contributed by atoms with van der Waals surface area (Å²) < 4.78 is 6.80. The van der Waals surface area contributed by atoms with Crippen LogP contribution in [0.15, 0.2) is 42.6 Å². The molecule has 33 heavy (non-hydrogen) atoms. The van der Waals surface area contributed by atoms with Crippen LogP contribution in [0.5, 0.6) is 5.75 Å². The van der Waals surface area contributed by atoms with E-state index in [-0.39, 0.29) is 5.69 Å². The predicted octanol–water partition coefficient (Wildman–Crippen LogP) is 2.69. The zero-order valence-electron chi connectivity index (χ0n) is 19.3. The van der Waals surface area contributed by atoms with Crippen LogP contribution in [0, 0.1) is 0 Å². The Morgan fingerprint density at radius 1 is 1.09 bits per heavy atom. The molecule has 1 aromatic carbocycles. The lowest BCUT2D eigenvalue weighted by Gasteiger charge is -2.16. The molecule has 1 aliphatic heterocycles. The van der Waals surface area contributed by atoms with E-state index in [1.54, 1.807) is 24.9 Å². The fourth-order valence-corrected chi connectivity index (χ4v) is 3.92. The van der Waals surface area contributed by atoms with Crippen molar-refractivity contribution in [2.24, 2.45) is 7.05 Å². The van der Waals surface area contributed by atoms with Crippen LogP contribution in [0.1, 0.15) is 34.6 Å². The van der Waals surface area contributed by atoms with Crippen LogP contribution in [0.2, 0.25) is 0 Å². The Kier molecular flexibility index (Phi) is 8.39. The molecule has 0 unspecified atom stereocenters. The van der Waals surface area contributed by atoms with Gasteiger partial charge >= 0.3 is 5.97 Å². The van der Waals surface area contributed by atoms with Crippen molar-refractivity contribution in [2.75, 3.05) is 32.2 Å². The lowest BCUT2D eigenvalue weighted by atomic mass is 10.2. The SMILES string of the molecule is CO.COc1ccc(CNCc2nc(-c3ccc(N4CCCC4)nc3)n(C)c2C(=O)O)cc1. The summed E-state index contributed by atoms with van der Waals surface area (Å²) >= 11 is 0. The molecule has 0 bridgehead atoms. The minimum atomic E-state index is -0.996. The number of nitrogens with one attached hydrogen (secondary N) is 1. The number of aliphatic hydroxyl groups excluding tert-OH is 1. The standard InChI is InChI=1S/C23H27N5O3.CH4O/c1-27-21(23(29)30)19(15-24-13-16-5-8-18(31-2)9-6-16)26-22(27)17-7-10-20(25-14-17)28-11-3-4-12-28;1-2/h5-10,14,24H,3-4,11-13,15H2,1-2H3,(H,29,30);2H,1H3. The third-order valence-corrected chi connectivity index (χ3v) is 5.59. The van der Waals surface area contributed by atoms with Gasteiger partial charge in [-0.2, -0.15) is 0 Å². The first kappa shape index (κ1) is 24.2. The molecule has 0 radical (unpaired) electrons. The van der Waals surface area contributed by atoms with Gasteiger partial charge in [-0.15, -0.1) is 0 Å². The second-order valence-corrected chi connectivity index (χ2v) is 7.65. The maximum absolute atomic E-state index is 11.9. The number of hydrogen-bond acceptors (Lipinski definition) is 7. The highest BCUT2D eigenvalue weighted by atomic mass is 16.5. The molecule has 4 rings (SSSR count). The number of nitrogens with zero attached hydrogens (tertiary/aromatic N) is 4. The number of carboxylic acid groups (broad SMARTS) is 1. The Bertz CT molecular complexity index is 1040. The van der Waals surface area contributed by atoms with Crippen molar-refractivity contribution >= 4 is 11.8 Å². The molecular formula is C24H31N5O4. The van der Waals surface area contributed by atoms with Crippen molar-refractivity contribution in [2.45, 2.75) is 25.9 Å². The van der Waals surface area contributed by atoms with Crippen LogP contribution in [-0.2, 0) is 20.1 Å². The van der Waals surface area contributed by atoms with E-state index in [4.69, 9.17) is 9.84 Å². The number of rotatable bonds is 8. The number of methoxy groups -OCH3 is 1. The van der Waals surface area contributed by atoms with E-state index in [1.807, 2.05) is 36.4 Å². The first-order valence-electron chi connectivity index (χ1n) is 10.9. The van der Waals surface area contributed by atoms with Gasteiger partial charge in [-0.3, -0.25) is 0 Å². The Hall–Kier alpha value is -3.43. The molecule has 9 heteroatoms. The summed E-state index contributed by atoms with van der Waals surface area (Å²) in [5, 5.41) is 20.0. The highest BCUT2D eigenvalue weighted by molar-refractivity contribution is 5.88. The number of benzene rings is 1. The molecule has 9 nitrogen and oxygen atoms in total. The second-order valence-electron chi connectivity index (χ2n) is 7.65. The van der Waals surface area contributed by atoms with Gasteiger partial charge in [-0.05, 0) is 42.7 Å². The van der Waals surface area contributed by atoms with Crippen LogP contribution in [0.25, 0.3) is 11.4 Å². The van der Waals surface area contributed by atoms with Crippen LogP contribution in [0.4, 0.5) is 5.82 Å². The molecule has 3 aromatic rings. The van der Waals surface area contributed by atoms with Gasteiger partial charge in [0.2, 0.25) is 0 Å². The lowest BCUT2D eigenvalue weighted by molar-refractivity contribution is 0.0685. The average Bonchev–Trinajstić information content (AvgIpc) is 3.49. The lowest BCUT2D eigenvalue weighted by Crippen LogP contribution is -2.18. The fourth-order valence-electron chi connectivity index (χ4n) is 3.92. The van der Waals surface area contributed by atoms with Gasteiger partial charge in [0.05, 0.1) is 12.8 Å². The van der Waals surface area contributed by atoms with Gasteiger partial charge in [0.15, 0.2) is 5.69 Å². The van der Waals surface area contributed by atoms with E-state index < -0.39 is 5.97 Å². The number of pyridine rings is 1. The van der Waals surface area contributed by atoms with Gasteiger partial charge in [0.25, 0.3) is 0 Å². The number of imidazole rings is 1. The summed E-state index contributed by atoms with van der Waals surface area (Å²) in [7, 11) is 4.36. The molecular weight excluding hydrogens is 422 g/mol. The third-order valence-electron chi connectivity index (χ3n) is 5.59.